The Kier molecular flexibility index (Phi) is 8.01. The van der Waals surface area contributed by atoms with Crippen molar-refractivity contribution in [3.05, 3.63) is 106 Å². The molecule has 0 radical (unpaired) electrons. The largest absolute Gasteiger partial charge is 0.489 e. The van der Waals surface area contributed by atoms with Gasteiger partial charge in [0, 0.05) is 29.6 Å². The zero-order valence-corrected chi connectivity index (χ0v) is 24.2. The summed E-state index contributed by atoms with van der Waals surface area (Å²) in [4.78, 5) is 22.3. The number of nitrogens with one attached hydrogen (secondary N) is 1. The van der Waals surface area contributed by atoms with Crippen molar-refractivity contribution >= 4 is 28.8 Å². The lowest BCUT2D eigenvalue weighted by atomic mass is 9.85. The summed E-state index contributed by atoms with van der Waals surface area (Å²) in [6.07, 6.45) is 1.90. The van der Waals surface area contributed by atoms with Gasteiger partial charge in [-0.1, -0.05) is 35.5 Å². The SMILES string of the molecule is Cc1c(C)c2c(c(C)c1N)C(=NOCc1ccccc1)CC(C)(COc1ccc(NC(=O)c3ccc(N)nc3)cc1)O2. The minimum Gasteiger partial charge on any atom is -0.489 e. The smallest absolute Gasteiger partial charge is 0.257 e. The first-order valence-corrected chi connectivity index (χ1v) is 13.7. The van der Waals surface area contributed by atoms with Crippen LogP contribution in [0.3, 0.4) is 0 Å². The molecule has 1 aliphatic rings. The van der Waals surface area contributed by atoms with Crippen molar-refractivity contribution in [3.63, 3.8) is 0 Å². The lowest BCUT2D eigenvalue weighted by Crippen LogP contribution is -2.45. The number of carbonyl (C=O) groups is 1. The van der Waals surface area contributed by atoms with Crippen LogP contribution in [0.5, 0.6) is 11.5 Å². The highest BCUT2D eigenvalue weighted by molar-refractivity contribution is 6.07. The van der Waals surface area contributed by atoms with Gasteiger partial charge in [0.05, 0.1) is 11.3 Å². The molecule has 216 valence electrons. The fourth-order valence-electron chi connectivity index (χ4n) is 4.88. The lowest BCUT2D eigenvalue weighted by molar-refractivity contribution is 0.0343. The number of rotatable bonds is 8. The van der Waals surface area contributed by atoms with Gasteiger partial charge in [-0.25, -0.2) is 4.98 Å². The van der Waals surface area contributed by atoms with Gasteiger partial charge in [0.1, 0.15) is 36.1 Å². The number of fused-ring (bicyclic) bond motifs is 1. The standard InChI is InChI=1S/C33H35N5O4/c1-20-21(2)31-29(22(3)30(20)35)27(38-41-18-23-8-6-5-7-9-23)16-33(4,42-31)19-40-26-13-11-25(12-14-26)37-32(39)24-10-15-28(34)36-17-24/h5-15,17H,16,18-19,35H2,1-4H3,(H2,34,36)(H,37,39). The number of nitrogens with zero attached hydrogens (tertiary/aromatic N) is 2. The molecule has 1 atom stereocenters. The molecule has 1 aromatic heterocycles. The average molecular weight is 566 g/mol. The molecule has 0 saturated heterocycles. The van der Waals surface area contributed by atoms with E-state index >= 15 is 0 Å². The summed E-state index contributed by atoms with van der Waals surface area (Å²) in [5, 5.41) is 7.43. The third kappa shape index (κ3) is 6.15. The number of hydrogen-bond donors (Lipinski definition) is 3. The van der Waals surface area contributed by atoms with Crippen LogP contribution in [-0.4, -0.2) is 28.8 Å². The third-order valence-corrected chi connectivity index (χ3v) is 7.45. The fourth-order valence-corrected chi connectivity index (χ4v) is 4.88. The normalized spacial score (nSPS) is 16.8. The van der Waals surface area contributed by atoms with Gasteiger partial charge in [-0.15, -0.1) is 0 Å². The van der Waals surface area contributed by atoms with Gasteiger partial charge in [-0.2, -0.15) is 0 Å². The van der Waals surface area contributed by atoms with Crippen molar-refractivity contribution in [2.75, 3.05) is 23.4 Å². The Morgan fingerprint density at radius 1 is 1.00 bits per heavy atom. The highest BCUT2D eigenvalue weighted by Crippen LogP contribution is 2.42. The van der Waals surface area contributed by atoms with Crippen LogP contribution in [0.15, 0.2) is 78.1 Å². The maximum atomic E-state index is 12.5. The molecule has 5 N–H and O–H groups in total. The van der Waals surface area contributed by atoms with Crippen LogP contribution in [0, 0.1) is 20.8 Å². The first kappa shape index (κ1) is 28.5. The van der Waals surface area contributed by atoms with E-state index < -0.39 is 5.60 Å². The number of aromatic nitrogens is 1. The Morgan fingerprint density at radius 2 is 1.74 bits per heavy atom. The van der Waals surface area contributed by atoms with E-state index in [0.717, 1.165) is 45.0 Å². The summed E-state index contributed by atoms with van der Waals surface area (Å²) < 4.78 is 12.8. The minimum absolute atomic E-state index is 0.259. The van der Waals surface area contributed by atoms with E-state index in [1.165, 1.54) is 6.20 Å². The van der Waals surface area contributed by atoms with E-state index in [1.54, 1.807) is 36.4 Å². The number of pyridine rings is 1. The van der Waals surface area contributed by atoms with Crippen LogP contribution in [0.4, 0.5) is 17.2 Å². The highest BCUT2D eigenvalue weighted by atomic mass is 16.6. The third-order valence-electron chi connectivity index (χ3n) is 7.45. The Morgan fingerprint density at radius 3 is 2.43 bits per heavy atom. The van der Waals surface area contributed by atoms with E-state index in [-0.39, 0.29) is 12.5 Å². The summed E-state index contributed by atoms with van der Waals surface area (Å²) >= 11 is 0. The van der Waals surface area contributed by atoms with Gasteiger partial charge < -0.3 is 31.1 Å². The first-order valence-electron chi connectivity index (χ1n) is 13.7. The molecule has 0 saturated carbocycles. The number of nitrogen functional groups attached to an aromatic ring is 2. The van der Waals surface area contributed by atoms with Crippen LogP contribution >= 0.6 is 0 Å². The van der Waals surface area contributed by atoms with Crippen LogP contribution in [-0.2, 0) is 11.4 Å². The quantitative estimate of drug-likeness (QED) is 0.177. The van der Waals surface area contributed by atoms with E-state index in [0.29, 0.717) is 35.8 Å². The second kappa shape index (κ2) is 11.8. The number of hydrogen-bond acceptors (Lipinski definition) is 8. The molecule has 3 aromatic carbocycles. The molecule has 1 aliphatic heterocycles. The molecule has 9 heteroatoms. The van der Waals surface area contributed by atoms with Crippen LogP contribution < -0.4 is 26.3 Å². The van der Waals surface area contributed by atoms with Gasteiger partial charge in [0.25, 0.3) is 5.91 Å². The number of amides is 1. The summed E-state index contributed by atoms with van der Waals surface area (Å²) in [5.41, 5.74) is 18.6. The number of oxime groups is 1. The molecule has 5 rings (SSSR count). The minimum atomic E-state index is -0.725. The zero-order valence-electron chi connectivity index (χ0n) is 24.2. The van der Waals surface area contributed by atoms with Crippen molar-refractivity contribution in [1.82, 2.24) is 4.98 Å². The van der Waals surface area contributed by atoms with E-state index in [4.69, 9.17) is 25.8 Å². The summed E-state index contributed by atoms with van der Waals surface area (Å²) in [7, 11) is 0. The van der Waals surface area contributed by atoms with Gasteiger partial charge in [0.2, 0.25) is 0 Å². The van der Waals surface area contributed by atoms with Crippen LogP contribution in [0.1, 0.15) is 51.5 Å². The van der Waals surface area contributed by atoms with Gasteiger partial charge in [0.15, 0.2) is 0 Å². The van der Waals surface area contributed by atoms with Gasteiger partial charge in [-0.3, -0.25) is 4.79 Å². The van der Waals surface area contributed by atoms with Crippen LogP contribution in [0.2, 0.25) is 0 Å². The molecule has 0 spiro atoms. The Labute approximate surface area is 245 Å². The predicted molar refractivity (Wildman–Crippen MR) is 165 cm³/mol. The van der Waals surface area contributed by atoms with E-state index in [1.807, 2.05) is 58.0 Å². The molecule has 0 aliphatic carbocycles. The molecule has 9 nitrogen and oxygen atoms in total. The van der Waals surface area contributed by atoms with Crippen molar-refractivity contribution in [3.8, 4) is 11.5 Å². The first-order chi connectivity index (χ1) is 20.1. The molecule has 0 fully saturated rings. The Hall–Kier alpha value is -5.05. The molecule has 1 unspecified atom stereocenters. The maximum absolute atomic E-state index is 12.5. The Balaban J connectivity index is 1.32. The van der Waals surface area contributed by atoms with E-state index in [2.05, 4.69) is 15.5 Å². The summed E-state index contributed by atoms with van der Waals surface area (Å²) in [5.74, 6) is 1.46. The van der Waals surface area contributed by atoms with Crippen molar-refractivity contribution in [1.29, 1.82) is 0 Å². The molecule has 42 heavy (non-hydrogen) atoms. The Bertz CT molecular complexity index is 1620. The van der Waals surface area contributed by atoms with Crippen molar-refractivity contribution in [2.24, 2.45) is 5.16 Å². The van der Waals surface area contributed by atoms with Gasteiger partial charge in [-0.05, 0) is 86.3 Å². The molecule has 0 bridgehead atoms. The number of nitrogens with two attached hydrogens (primary N) is 2. The molecular weight excluding hydrogens is 530 g/mol. The number of anilines is 3. The van der Waals surface area contributed by atoms with Gasteiger partial charge >= 0.3 is 0 Å². The summed E-state index contributed by atoms with van der Waals surface area (Å²) in [6, 6.07) is 20.3. The lowest BCUT2D eigenvalue weighted by Gasteiger charge is -2.38. The summed E-state index contributed by atoms with van der Waals surface area (Å²) in [6.45, 7) is 8.60. The molecule has 2 heterocycles. The molecule has 4 aromatic rings. The number of benzene rings is 3. The fraction of sp³-hybridized carbons (Fsp3) is 0.242. The van der Waals surface area contributed by atoms with E-state index in [9.17, 15) is 4.79 Å². The van der Waals surface area contributed by atoms with Crippen molar-refractivity contribution in [2.45, 2.75) is 46.3 Å². The highest BCUT2D eigenvalue weighted by Gasteiger charge is 2.39. The number of carbonyl (C=O) groups excluding carboxylic acids is 1. The monoisotopic (exact) mass is 565 g/mol. The average Bonchev–Trinajstić information content (AvgIpc) is 2.99. The molecular formula is C33H35N5O4. The topological polar surface area (TPSA) is 134 Å². The predicted octanol–water partition coefficient (Wildman–Crippen LogP) is 5.96. The zero-order chi connectivity index (χ0) is 29.9. The molecule has 1 amide bonds. The second-order valence-electron chi connectivity index (χ2n) is 10.8. The second-order valence-corrected chi connectivity index (χ2v) is 10.8. The van der Waals surface area contributed by atoms with Crippen molar-refractivity contribution < 1.29 is 19.1 Å². The van der Waals surface area contributed by atoms with Crippen LogP contribution in [0.25, 0.3) is 0 Å². The number of ether oxygens (including phenoxy) is 2. The maximum Gasteiger partial charge on any atom is 0.257 e.